The van der Waals surface area contributed by atoms with E-state index in [9.17, 15) is 10.1 Å². The molecule has 0 amide bonds. The Hall–Kier alpha value is -1.89. The summed E-state index contributed by atoms with van der Waals surface area (Å²) in [7, 11) is 0. The fourth-order valence-electron chi connectivity index (χ4n) is 1.47. The quantitative estimate of drug-likeness (QED) is 0.618. The van der Waals surface area contributed by atoms with Gasteiger partial charge in [-0.15, -0.1) is 0 Å². The van der Waals surface area contributed by atoms with Gasteiger partial charge in [-0.1, -0.05) is 11.6 Å². The minimum absolute atomic E-state index is 0.0439. The summed E-state index contributed by atoms with van der Waals surface area (Å²) in [5.41, 5.74) is 1.49. The van der Waals surface area contributed by atoms with Gasteiger partial charge < -0.3 is 0 Å². The molecule has 2 rings (SSSR count). The summed E-state index contributed by atoms with van der Waals surface area (Å²) in [6.07, 6.45) is 2.55. The monoisotopic (exact) mass is 255 g/mol. The zero-order chi connectivity index (χ0) is 12.6. The van der Waals surface area contributed by atoms with Crippen LogP contribution in [0.15, 0.2) is 12.4 Å². The van der Waals surface area contributed by atoms with Crippen LogP contribution in [-0.2, 0) is 6.67 Å². The third-order valence-electron chi connectivity index (χ3n) is 2.40. The average Bonchev–Trinajstić information content (AvgIpc) is 2.82. The summed E-state index contributed by atoms with van der Waals surface area (Å²) in [4.78, 5) is 10.0. The van der Waals surface area contributed by atoms with Gasteiger partial charge in [-0.05, 0) is 13.8 Å². The van der Waals surface area contributed by atoms with Crippen LogP contribution in [0.3, 0.4) is 0 Å². The lowest BCUT2D eigenvalue weighted by Crippen LogP contribution is -2.11. The first kappa shape index (κ1) is 11.6. The van der Waals surface area contributed by atoms with Crippen molar-refractivity contribution in [2.45, 2.75) is 20.5 Å². The largest absolute Gasteiger partial charge is 0.307 e. The summed E-state index contributed by atoms with van der Waals surface area (Å²) in [6.45, 7) is 3.94. The smallest absolute Gasteiger partial charge is 0.258 e. The van der Waals surface area contributed by atoms with Crippen LogP contribution >= 0.6 is 11.6 Å². The molecule has 0 saturated heterocycles. The van der Waals surface area contributed by atoms with Gasteiger partial charge in [0.2, 0.25) is 0 Å². The van der Waals surface area contributed by atoms with Crippen molar-refractivity contribution in [2.75, 3.05) is 0 Å². The average molecular weight is 256 g/mol. The van der Waals surface area contributed by atoms with Crippen molar-refractivity contribution in [1.29, 1.82) is 0 Å². The van der Waals surface area contributed by atoms with Crippen LogP contribution in [0.25, 0.3) is 0 Å². The van der Waals surface area contributed by atoms with Gasteiger partial charge in [0.05, 0.1) is 21.3 Å². The molecular weight excluding hydrogens is 246 g/mol. The van der Waals surface area contributed by atoms with Gasteiger partial charge >= 0.3 is 5.69 Å². The fourth-order valence-corrected chi connectivity index (χ4v) is 1.61. The van der Waals surface area contributed by atoms with Crippen LogP contribution in [0.2, 0.25) is 5.02 Å². The summed E-state index contributed by atoms with van der Waals surface area (Å²) in [6, 6.07) is 0. The number of aromatic nitrogens is 4. The Morgan fingerprint density at radius 1 is 1.53 bits per heavy atom. The molecule has 90 valence electrons. The second kappa shape index (κ2) is 4.17. The van der Waals surface area contributed by atoms with Gasteiger partial charge in [0.1, 0.15) is 19.1 Å². The minimum atomic E-state index is -0.488. The molecule has 0 radical (unpaired) electrons. The molecule has 2 aromatic rings. The standard InChI is InChI=1S/C9H10ClN5O2/c1-6-9(10)7(2)14(12-6)5-13-4-8(3-11-13)15(16)17/h3-4H,5H2,1-2H3. The molecule has 17 heavy (non-hydrogen) atoms. The molecule has 0 bridgehead atoms. The number of nitro groups is 1. The van der Waals surface area contributed by atoms with Gasteiger partial charge in [0.25, 0.3) is 0 Å². The molecule has 0 fully saturated rings. The van der Waals surface area contributed by atoms with Gasteiger partial charge in [-0.2, -0.15) is 10.2 Å². The van der Waals surface area contributed by atoms with Crippen molar-refractivity contribution in [3.05, 3.63) is 38.9 Å². The molecule has 7 nitrogen and oxygen atoms in total. The van der Waals surface area contributed by atoms with Crippen LogP contribution in [-0.4, -0.2) is 24.5 Å². The molecular formula is C9H10ClN5O2. The molecule has 0 saturated carbocycles. The van der Waals surface area contributed by atoms with Crippen LogP contribution < -0.4 is 0 Å². The Morgan fingerprint density at radius 2 is 2.24 bits per heavy atom. The minimum Gasteiger partial charge on any atom is -0.258 e. The van der Waals surface area contributed by atoms with Gasteiger partial charge in [0.15, 0.2) is 0 Å². The van der Waals surface area contributed by atoms with Crippen molar-refractivity contribution in [3.8, 4) is 0 Å². The van der Waals surface area contributed by atoms with Gasteiger partial charge in [-0.3, -0.25) is 10.1 Å². The first-order chi connectivity index (χ1) is 7.99. The molecule has 0 aliphatic heterocycles. The molecule has 0 unspecified atom stereocenters. The molecule has 0 atom stereocenters. The Balaban J connectivity index is 2.25. The molecule has 0 aliphatic carbocycles. The molecule has 0 spiro atoms. The van der Waals surface area contributed by atoms with E-state index in [0.29, 0.717) is 11.7 Å². The Kier molecular flexibility index (Phi) is 2.84. The zero-order valence-electron chi connectivity index (χ0n) is 9.29. The van der Waals surface area contributed by atoms with E-state index in [1.165, 1.54) is 17.1 Å². The zero-order valence-corrected chi connectivity index (χ0v) is 10.0. The van der Waals surface area contributed by atoms with Crippen LogP contribution in [0, 0.1) is 24.0 Å². The van der Waals surface area contributed by atoms with E-state index < -0.39 is 4.92 Å². The number of nitrogens with zero attached hydrogens (tertiary/aromatic N) is 5. The van der Waals surface area contributed by atoms with Crippen molar-refractivity contribution in [1.82, 2.24) is 19.6 Å². The van der Waals surface area contributed by atoms with Gasteiger partial charge in [0, 0.05) is 0 Å². The maximum absolute atomic E-state index is 10.5. The van der Waals surface area contributed by atoms with E-state index in [4.69, 9.17) is 11.6 Å². The van der Waals surface area contributed by atoms with Crippen molar-refractivity contribution < 1.29 is 4.92 Å². The fraction of sp³-hybridized carbons (Fsp3) is 0.333. The maximum Gasteiger partial charge on any atom is 0.307 e. The van der Waals surface area contributed by atoms with E-state index in [1.807, 2.05) is 6.92 Å². The first-order valence-corrected chi connectivity index (χ1v) is 5.23. The number of hydrogen-bond acceptors (Lipinski definition) is 4. The molecule has 0 N–H and O–H groups in total. The van der Waals surface area contributed by atoms with E-state index in [-0.39, 0.29) is 5.69 Å². The molecule has 0 aliphatic rings. The maximum atomic E-state index is 10.5. The summed E-state index contributed by atoms with van der Waals surface area (Å²) < 4.78 is 3.09. The van der Waals surface area contributed by atoms with Crippen LogP contribution in [0.1, 0.15) is 11.4 Å². The van der Waals surface area contributed by atoms with Crippen LogP contribution in [0.4, 0.5) is 5.69 Å². The van der Waals surface area contributed by atoms with E-state index in [1.54, 1.807) is 11.6 Å². The Morgan fingerprint density at radius 3 is 2.71 bits per heavy atom. The second-order valence-corrected chi connectivity index (χ2v) is 4.00. The van der Waals surface area contributed by atoms with Gasteiger partial charge in [-0.25, -0.2) is 9.36 Å². The lowest BCUT2D eigenvalue weighted by Gasteiger charge is -2.03. The highest BCUT2D eigenvalue weighted by atomic mass is 35.5. The SMILES string of the molecule is Cc1nn(Cn2cc([N+](=O)[O-])cn2)c(C)c1Cl. The van der Waals surface area contributed by atoms with Crippen molar-refractivity contribution >= 4 is 17.3 Å². The lowest BCUT2D eigenvalue weighted by atomic mass is 10.4. The first-order valence-electron chi connectivity index (χ1n) is 4.85. The Bertz CT molecular complexity index is 574. The molecule has 8 heteroatoms. The third-order valence-corrected chi connectivity index (χ3v) is 2.95. The number of rotatable bonds is 3. The summed E-state index contributed by atoms with van der Waals surface area (Å²) in [5, 5.41) is 19.2. The highest BCUT2D eigenvalue weighted by molar-refractivity contribution is 6.31. The lowest BCUT2D eigenvalue weighted by molar-refractivity contribution is -0.385. The number of halogens is 1. The summed E-state index contributed by atoms with van der Waals surface area (Å²) >= 11 is 6.00. The van der Waals surface area contributed by atoms with Crippen molar-refractivity contribution in [2.24, 2.45) is 0 Å². The Labute approximate surface area is 102 Å². The van der Waals surface area contributed by atoms with Crippen LogP contribution in [0.5, 0.6) is 0 Å². The normalized spacial score (nSPS) is 10.8. The van der Waals surface area contributed by atoms with E-state index >= 15 is 0 Å². The predicted molar refractivity (Wildman–Crippen MR) is 61.0 cm³/mol. The highest BCUT2D eigenvalue weighted by Crippen LogP contribution is 2.19. The molecule has 2 aromatic heterocycles. The van der Waals surface area contributed by atoms with E-state index in [0.717, 1.165) is 11.4 Å². The topological polar surface area (TPSA) is 78.8 Å². The highest BCUT2D eigenvalue weighted by Gasteiger charge is 2.12. The molecule has 2 heterocycles. The number of aryl methyl sites for hydroxylation is 1. The molecule has 0 aromatic carbocycles. The second-order valence-electron chi connectivity index (χ2n) is 3.62. The number of hydrogen-bond donors (Lipinski definition) is 0. The van der Waals surface area contributed by atoms with E-state index in [2.05, 4.69) is 10.2 Å². The predicted octanol–water partition coefficient (Wildman–Crippen LogP) is 1.76. The summed E-state index contributed by atoms with van der Waals surface area (Å²) in [5.74, 6) is 0. The van der Waals surface area contributed by atoms with Crippen molar-refractivity contribution in [3.63, 3.8) is 0 Å². The third kappa shape index (κ3) is 2.14.